The molecule has 116 valence electrons. The van der Waals surface area contributed by atoms with E-state index in [1.807, 2.05) is 20.8 Å². The van der Waals surface area contributed by atoms with E-state index < -0.39 is 11.9 Å². The summed E-state index contributed by atoms with van der Waals surface area (Å²) in [5.74, 6) is -0.984. The lowest BCUT2D eigenvalue weighted by molar-refractivity contribution is -0.124. The van der Waals surface area contributed by atoms with Crippen LogP contribution in [0.3, 0.4) is 0 Å². The average Bonchev–Trinajstić information content (AvgIpc) is 2.74. The number of rotatable bonds is 4. The Bertz CT molecular complexity index is 548. The van der Waals surface area contributed by atoms with E-state index in [1.54, 1.807) is 6.92 Å². The maximum absolute atomic E-state index is 12.0. The highest BCUT2D eigenvalue weighted by molar-refractivity contribution is 7.14. The number of carbonyl (C=O) groups excluding carboxylic acids is 3. The number of hydrogen-bond donors (Lipinski definition) is 3. The van der Waals surface area contributed by atoms with E-state index >= 15 is 0 Å². The molecule has 0 radical (unpaired) electrons. The number of amides is 3. The second-order valence-corrected chi connectivity index (χ2v) is 6.51. The Kier molecular flexibility index (Phi) is 5.42. The van der Waals surface area contributed by atoms with E-state index in [1.165, 1.54) is 12.3 Å². The van der Waals surface area contributed by atoms with Gasteiger partial charge in [0.25, 0.3) is 5.91 Å². The van der Waals surface area contributed by atoms with Gasteiger partial charge in [-0.05, 0) is 27.7 Å². The Hall–Kier alpha value is -1.96. The van der Waals surface area contributed by atoms with E-state index in [-0.39, 0.29) is 23.0 Å². The number of hydrogen-bond acceptors (Lipinski definition) is 5. The van der Waals surface area contributed by atoms with Crippen molar-refractivity contribution in [3.05, 3.63) is 11.1 Å². The number of anilines is 1. The van der Waals surface area contributed by atoms with Crippen molar-refractivity contribution in [3.63, 3.8) is 0 Å². The lowest BCUT2D eigenvalue weighted by atomic mass is 10.1. The summed E-state index contributed by atoms with van der Waals surface area (Å²) < 4.78 is 0. The maximum Gasteiger partial charge on any atom is 0.271 e. The number of carbonyl (C=O) groups is 3. The number of nitrogens with zero attached hydrogens (tertiary/aromatic N) is 1. The highest BCUT2D eigenvalue weighted by Crippen LogP contribution is 2.15. The van der Waals surface area contributed by atoms with Gasteiger partial charge in [-0.15, -0.1) is 11.3 Å². The topological polar surface area (TPSA) is 100 Å². The van der Waals surface area contributed by atoms with Gasteiger partial charge in [0, 0.05) is 17.8 Å². The molecule has 3 amide bonds. The number of nitrogens with one attached hydrogen (secondary N) is 3. The molecule has 0 aliphatic carbocycles. The quantitative estimate of drug-likeness (QED) is 0.776. The van der Waals surface area contributed by atoms with Crippen LogP contribution in [0.25, 0.3) is 0 Å². The zero-order valence-electron chi connectivity index (χ0n) is 12.7. The van der Waals surface area contributed by atoms with E-state index in [0.717, 1.165) is 11.3 Å². The lowest BCUT2D eigenvalue weighted by Crippen LogP contribution is -2.50. The van der Waals surface area contributed by atoms with Crippen LogP contribution < -0.4 is 16.0 Å². The van der Waals surface area contributed by atoms with Gasteiger partial charge in [0.05, 0.1) is 0 Å². The fraction of sp³-hybridized carbons (Fsp3) is 0.538. The first kappa shape index (κ1) is 17.1. The molecule has 3 N–H and O–H groups in total. The monoisotopic (exact) mass is 312 g/mol. The Balaban J connectivity index is 2.62. The first-order chi connectivity index (χ1) is 9.58. The summed E-state index contributed by atoms with van der Waals surface area (Å²) >= 11 is 1.15. The van der Waals surface area contributed by atoms with Gasteiger partial charge in [-0.2, -0.15) is 0 Å². The van der Waals surface area contributed by atoms with Crippen LogP contribution in [0.4, 0.5) is 5.13 Å². The smallest absolute Gasteiger partial charge is 0.271 e. The van der Waals surface area contributed by atoms with Crippen molar-refractivity contribution in [2.75, 3.05) is 5.32 Å². The van der Waals surface area contributed by atoms with Crippen molar-refractivity contribution >= 4 is 34.2 Å². The molecule has 1 atom stereocenters. The molecule has 1 aromatic rings. The van der Waals surface area contributed by atoms with Crippen molar-refractivity contribution in [2.24, 2.45) is 0 Å². The molecule has 0 saturated heterocycles. The molecule has 0 aliphatic heterocycles. The van der Waals surface area contributed by atoms with Gasteiger partial charge >= 0.3 is 0 Å². The van der Waals surface area contributed by atoms with Crippen LogP contribution in [0.15, 0.2) is 5.38 Å². The van der Waals surface area contributed by atoms with Crippen molar-refractivity contribution in [3.8, 4) is 0 Å². The van der Waals surface area contributed by atoms with Crippen LogP contribution in [0.2, 0.25) is 0 Å². The Morgan fingerprint density at radius 3 is 2.43 bits per heavy atom. The third-order valence-corrected chi connectivity index (χ3v) is 3.02. The fourth-order valence-corrected chi connectivity index (χ4v) is 2.14. The summed E-state index contributed by atoms with van der Waals surface area (Å²) in [6.07, 6.45) is 0. The predicted molar refractivity (Wildman–Crippen MR) is 81.2 cm³/mol. The minimum atomic E-state index is -0.678. The van der Waals surface area contributed by atoms with Crippen molar-refractivity contribution in [1.82, 2.24) is 15.6 Å². The Labute approximate surface area is 127 Å². The second-order valence-electron chi connectivity index (χ2n) is 5.65. The standard InChI is InChI=1S/C13H20N4O3S/c1-7(10(19)17-13(3,4)5)14-11(20)9-6-21-12(16-9)15-8(2)18/h6-7H,1-5H3,(H,14,20)(H,17,19)(H,15,16,18). The Morgan fingerprint density at radius 1 is 1.29 bits per heavy atom. The molecule has 1 rings (SSSR count). The highest BCUT2D eigenvalue weighted by atomic mass is 32.1. The first-order valence-electron chi connectivity index (χ1n) is 6.44. The third kappa shape index (κ3) is 5.90. The van der Waals surface area contributed by atoms with Crippen molar-refractivity contribution in [2.45, 2.75) is 46.2 Å². The van der Waals surface area contributed by atoms with Gasteiger partial charge in [-0.3, -0.25) is 14.4 Å². The zero-order valence-corrected chi connectivity index (χ0v) is 13.6. The van der Waals surface area contributed by atoms with E-state index in [2.05, 4.69) is 20.9 Å². The van der Waals surface area contributed by atoms with E-state index in [9.17, 15) is 14.4 Å². The van der Waals surface area contributed by atoms with Crippen LogP contribution >= 0.6 is 11.3 Å². The highest BCUT2D eigenvalue weighted by Gasteiger charge is 2.22. The SMILES string of the molecule is CC(=O)Nc1nc(C(=O)NC(C)C(=O)NC(C)(C)C)cs1. The molecule has 0 spiro atoms. The lowest BCUT2D eigenvalue weighted by Gasteiger charge is -2.23. The summed E-state index contributed by atoms with van der Waals surface area (Å²) in [5, 5.41) is 9.71. The molecular formula is C13H20N4O3S. The van der Waals surface area contributed by atoms with Crippen LogP contribution in [0, 0.1) is 0 Å². The van der Waals surface area contributed by atoms with Gasteiger partial charge in [-0.25, -0.2) is 4.98 Å². The van der Waals surface area contributed by atoms with Crippen LogP contribution in [-0.4, -0.2) is 34.3 Å². The summed E-state index contributed by atoms with van der Waals surface area (Å²) in [6, 6.07) is -0.678. The van der Waals surface area contributed by atoms with E-state index in [0.29, 0.717) is 5.13 Å². The molecule has 0 saturated carbocycles. The third-order valence-electron chi connectivity index (χ3n) is 2.26. The molecule has 7 nitrogen and oxygen atoms in total. The first-order valence-corrected chi connectivity index (χ1v) is 7.32. The molecule has 0 aromatic carbocycles. The zero-order chi connectivity index (χ0) is 16.2. The molecule has 1 aromatic heterocycles. The molecule has 21 heavy (non-hydrogen) atoms. The molecule has 0 bridgehead atoms. The minimum absolute atomic E-state index is 0.166. The van der Waals surface area contributed by atoms with Gasteiger partial charge < -0.3 is 16.0 Å². The van der Waals surface area contributed by atoms with Crippen LogP contribution in [0.5, 0.6) is 0 Å². The summed E-state index contributed by atoms with van der Waals surface area (Å²) in [5.41, 5.74) is -0.200. The summed E-state index contributed by atoms with van der Waals surface area (Å²) in [4.78, 5) is 38.7. The minimum Gasteiger partial charge on any atom is -0.350 e. The van der Waals surface area contributed by atoms with Gasteiger partial charge in [0.2, 0.25) is 11.8 Å². The number of aromatic nitrogens is 1. The van der Waals surface area contributed by atoms with Gasteiger partial charge in [0.1, 0.15) is 11.7 Å². The second kappa shape index (κ2) is 6.66. The van der Waals surface area contributed by atoms with Crippen molar-refractivity contribution in [1.29, 1.82) is 0 Å². The molecule has 0 aliphatic rings. The molecule has 1 heterocycles. The largest absolute Gasteiger partial charge is 0.350 e. The molecule has 0 fully saturated rings. The summed E-state index contributed by atoms with van der Waals surface area (Å²) in [6.45, 7) is 8.54. The number of thiazole rings is 1. The fourth-order valence-electron chi connectivity index (χ4n) is 1.40. The van der Waals surface area contributed by atoms with Crippen molar-refractivity contribution < 1.29 is 14.4 Å². The summed E-state index contributed by atoms with van der Waals surface area (Å²) in [7, 11) is 0. The van der Waals surface area contributed by atoms with E-state index in [4.69, 9.17) is 0 Å². The molecule has 1 unspecified atom stereocenters. The molecular weight excluding hydrogens is 292 g/mol. The normalized spacial score (nSPS) is 12.4. The predicted octanol–water partition coefficient (Wildman–Crippen LogP) is 1.13. The van der Waals surface area contributed by atoms with Crippen LogP contribution in [-0.2, 0) is 9.59 Å². The van der Waals surface area contributed by atoms with Gasteiger partial charge in [0.15, 0.2) is 5.13 Å². The van der Waals surface area contributed by atoms with Gasteiger partial charge in [-0.1, -0.05) is 0 Å². The molecule has 8 heteroatoms. The Morgan fingerprint density at radius 2 is 1.90 bits per heavy atom. The average molecular weight is 312 g/mol. The maximum atomic E-state index is 12.0. The van der Waals surface area contributed by atoms with Crippen LogP contribution in [0.1, 0.15) is 45.1 Å².